The molecule has 1 heterocycles. The first-order chi connectivity index (χ1) is 13.0. The fourth-order valence-electron chi connectivity index (χ4n) is 2.85. The van der Waals surface area contributed by atoms with Gasteiger partial charge in [0.1, 0.15) is 11.6 Å². The van der Waals surface area contributed by atoms with Gasteiger partial charge < -0.3 is 15.0 Å². The molecule has 0 spiro atoms. The van der Waals surface area contributed by atoms with Crippen molar-refractivity contribution in [2.75, 3.05) is 23.9 Å². The first kappa shape index (κ1) is 19.0. The van der Waals surface area contributed by atoms with Gasteiger partial charge in [-0.3, -0.25) is 0 Å². The lowest BCUT2D eigenvalue weighted by molar-refractivity contribution is 0.416. The number of halogens is 1. The Morgan fingerprint density at radius 3 is 2.48 bits per heavy atom. The van der Waals surface area contributed by atoms with Crippen LogP contribution in [-0.2, 0) is 0 Å². The van der Waals surface area contributed by atoms with Crippen molar-refractivity contribution >= 4 is 34.7 Å². The zero-order chi connectivity index (χ0) is 19.4. The molecular weight excluding hydrogens is 360 g/mol. The first-order valence-corrected chi connectivity index (χ1v) is 9.19. The van der Waals surface area contributed by atoms with E-state index in [1.54, 1.807) is 13.2 Å². The molecule has 0 bridgehead atoms. The number of aryl methyl sites for hydroxylation is 2. The molecule has 0 radical (unpaired) electrons. The average Bonchev–Trinajstić information content (AvgIpc) is 2.65. The van der Waals surface area contributed by atoms with Crippen LogP contribution in [0.1, 0.15) is 18.2 Å². The van der Waals surface area contributed by atoms with E-state index in [1.807, 2.05) is 56.3 Å². The zero-order valence-corrected chi connectivity index (χ0v) is 16.7. The molecule has 3 rings (SSSR count). The molecule has 140 valence electrons. The van der Waals surface area contributed by atoms with Gasteiger partial charge in [0.25, 0.3) is 0 Å². The van der Waals surface area contributed by atoms with Crippen LogP contribution in [0.15, 0.2) is 48.5 Å². The summed E-state index contributed by atoms with van der Waals surface area (Å²) in [6, 6.07) is 15.8. The molecule has 0 saturated carbocycles. The van der Waals surface area contributed by atoms with Gasteiger partial charge in [0, 0.05) is 35.1 Å². The zero-order valence-electron chi connectivity index (χ0n) is 16.0. The van der Waals surface area contributed by atoms with Crippen molar-refractivity contribution in [1.82, 2.24) is 9.97 Å². The van der Waals surface area contributed by atoms with E-state index in [9.17, 15) is 0 Å². The maximum atomic E-state index is 6.21. The van der Waals surface area contributed by atoms with Crippen molar-refractivity contribution in [1.29, 1.82) is 0 Å². The smallest absolute Gasteiger partial charge is 0.232 e. The number of rotatable bonds is 6. The Morgan fingerprint density at radius 1 is 1.07 bits per heavy atom. The van der Waals surface area contributed by atoms with Crippen molar-refractivity contribution in [3.8, 4) is 5.75 Å². The Hall–Kier alpha value is -2.79. The third-order valence-electron chi connectivity index (χ3n) is 4.21. The number of anilines is 4. The fraction of sp³-hybridized carbons (Fsp3) is 0.238. The molecule has 0 aliphatic carbocycles. The highest BCUT2D eigenvalue weighted by Gasteiger charge is 2.14. The Labute approximate surface area is 165 Å². The van der Waals surface area contributed by atoms with Gasteiger partial charge in [-0.2, -0.15) is 4.98 Å². The van der Waals surface area contributed by atoms with Gasteiger partial charge >= 0.3 is 0 Å². The van der Waals surface area contributed by atoms with Gasteiger partial charge in [-0.05, 0) is 44.5 Å². The van der Waals surface area contributed by atoms with Crippen molar-refractivity contribution in [3.05, 3.63) is 64.8 Å². The maximum absolute atomic E-state index is 6.21. The quantitative estimate of drug-likeness (QED) is 0.596. The molecule has 27 heavy (non-hydrogen) atoms. The lowest BCUT2D eigenvalue weighted by atomic mass is 10.2. The maximum Gasteiger partial charge on any atom is 0.232 e. The number of para-hydroxylation sites is 1. The van der Waals surface area contributed by atoms with Crippen LogP contribution in [0, 0.1) is 13.8 Å². The largest absolute Gasteiger partial charge is 0.495 e. The van der Waals surface area contributed by atoms with Gasteiger partial charge in [-0.25, -0.2) is 4.98 Å². The predicted octanol–water partition coefficient (Wildman–Crippen LogP) is 5.66. The van der Waals surface area contributed by atoms with Crippen molar-refractivity contribution in [2.45, 2.75) is 20.8 Å². The topological polar surface area (TPSA) is 50.3 Å². The lowest BCUT2D eigenvalue weighted by Crippen LogP contribution is -2.19. The third-order valence-corrected chi connectivity index (χ3v) is 4.62. The van der Waals surface area contributed by atoms with Gasteiger partial charge in [0.15, 0.2) is 0 Å². The van der Waals surface area contributed by atoms with E-state index in [-0.39, 0.29) is 0 Å². The summed E-state index contributed by atoms with van der Waals surface area (Å²) in [5.74, 6) is 2.02. The van der Waals surface area contributed by atoms with E-state index in [4.69, 9.17) is 21.3 Å². The van der Waals surface area contributed by atoms with Crippen LogP contribution < -0.4 is 15.0 Å². The Balaban J connectivity index is 1.98. The minimum absolute atomic E-state index is 0.649. The van der Waals surface area contributed by atoms with Crippen LogP contribution in [0.3, 0.4) is 0 Å². The first-order valence-electron chi connectivity index (χ1n) is 8.81. The van der Waals surface area contributed by atoms with E-state index in [0.29, 0.717) is 22.5 Å². The Bertz CT molecular complexity index is 931. The van der Waals surface area contributed by atoms with Gasteiger partial charge in [0.2, 0.25) is 5.95 Å². The number of aromatic nitrogens is 2. The van der Waals surface area contributed by atoms with E-state index < -0.39 is 0 Å². The number of hydrogen-bond donors (Lipinski definition) is 1. The van der Waals surface area contributed by atoms with Gasteiger partial charge in [-0.15, -0.1) is 0 Å². The van der Waals surface area contributed by atoms with E-state index in [0.717, 1.165) is 29.2 Å². The summed E-state index contributed by atoms with van der Waals surface area (Å²) in [4.78, 5) is 11.4. The fourth-order valence-corrected chi connectivity index (χ4v) is 3.01. The molecule has 0 atom stereocenters. The predicted molar refractivity (Wildman–Crippen MR) is 112 cm³/mol. The standard InChI is InChI=1S/C21H23ClN4O/c1-5-26(16-9-7-6-8-10-16)21-23-15(3)12-20(25-21)24-18-11-14(2)17(22)13-19(18)27-4/h6-13H,5H2,1-4H3,(H,23,24,25). The summed E-state index contributed by atoms with van der Waals surface area (Å²) in [6.45, 7) is 6.75. The number of nitrogens with one attached hydrogen (secondary N) is 1. The highest BCUT2D eigenvalue weighted by Crippen LogP contribution is 2.33. The second-order valence-electron chi connectivity index (χ2n) is 6.20. The van der Waals surface area contributed by atoms with E-state index in [2.05, 4.69) is 22.1 Å². The van der Waals surface area contributed by atoms with Crippen LogP contribution in [0.4, 0.5) is 23.1 Å². The van der Waals surface area contributed by atoms with Gasteiger partial charge in [-0.1, -0.05) is 29.8 Å². The molecule has 0 aliphatic heterocycles. The molecule has 2 aromatic carbocycles. The van der Waals surface area contributed by atoms with Crippen LogP contribution in [0.25, 0.3) is 0 Å². The number of methoxy groups -OCH3 is 1. The summed E-state index contributed by atoms with van der Waals surface area (Å²) in [5, 5.41) is 4.01. The number of nitrogens with zero attached hydrogens (tertiary/aromatic N) is 3. The highest BCUT2D eigenvalue weighted by atomic mass is 35.5. The second-order valence-corrected chi connectivity index (χ2v) is 6.61. The molecule has 5 nitrogen and oxygen atoms in total. The molecule has 6 heteroatoms. The molecule has 0 saturated heterocycles. The van der Waals surface area contributed by atoms with E-state index in [1.165, 1.54) is 0 Å². The number of ether oxygens (including phenoxy) is 1. The molecule has 0 aliphatic rings. The van der Waals surface area contributed by atoms with Crippen molar-refractivity contribution < 1.29 is 4.74 Å². The van der Waals surface area contributed by atoms with E-state index >= 15 is 0 Å². The average molecular weight is 383 g/mol. The normalized spacial score (nSPS) is 10.6. The second kappa shape index (κ2) is 8.27. The summed E-state index contributed by atoms with van der Waals surface area (Å²) in [5.41, 5.74) is 3.70. The molecule has 3 aromatic rings. The van der Waals surface area contributed by atoms with Crippen molar-refractivity contribution in [2.24, 2.45) is 0 Å². The SMILES string of the molecule is CCN(c1ccccc1)c1nc(C)cc(Nc2cc(C)c(Cl)cc2OC)n1. The number of hydrogen-bond acceptors (Lipinski definition) is 5. The molecule has 0 fully saturated rings. The Kier molecular flexibility index (Phi) is 5.81. The van der Waals surface area contributed by atoms with Crippen LogP contribution >= 0.6 is 11.6 Å². The molecule has 1 N–H and O–H groups in total. The minimum atomic E-state index is 0.649. The highest BCUT2D eigenvalue weighted by molar-refractivity contribution is 6.31. The van der Waals surface area contributed by atoms with Crippen LogP contribution in [0.2, 0.25) is 5.02 Å². The van der Waals surface area contributed by atoms with Crippen LogP contribution in [-0.4, -0.2) is 23.6 Å². The summed E-state index contributed by atoms with van der Waals surface area (Å²) in [7, 11) is 1.62. The minimum Gasteiger partial charge on any atom is -0.495 e. The number of benzene rings is 2. The molecule has 0 unspecified atom stereocenters. The monoisotopic (exact) mass is 382 g/mol. The van der Waals surface area contributed by atoms with Crippen LogP contribution in [0.5, 0.6) is 5.75 Å². The molecule has 0 amide bonds. The summed E-state index contributed by atoms with van der Waals surface area (Å²) in [6.07, 6.45) is 0. The Morgan fingerprint density at radius 2 is 1.81 bits per heavy atom. The summed E-state index contributed by atoms with van der Waals surface area (Å²) >= 11 is 6.21. The summed E-state index contributed by atoms with van der Waals surface area (Å²) < 4.78 is 5.45. The molecular formula is C21H23ClN4O. The van der Waals surface area contributed by atoms with Gasteiger partial charge in [0.05, 0.1) is 12.8 Å². The lowest BCUT2D eigenvalue weighted by Gasteiger charge is -2.22. The third kappa shape index (κ3) is 4.31. The molecule has 1 aromatic heterocycles. The van der Waals surface area contributed by atoms with Crippen molar-refractivity contribution in [3.63, 3.8) is 0 Å².